The Bertz CT molecular complexity index is 356. The summed E-state index contributed by atoms with van der Waals surface area (Å²) in [7, 11) is 7.88. The third kappa shape index (κ3) is 12.3. The first kappa shape index (κ1) is 25.9. The normalized spacial score (nSPS) is 17.7. The van der Waals surface area contributed by atoms with Gasteiger partial charge in [-0.25, -0.2) is 0 Å². The molecule has 26 heavy (non-hydrogen) atoms. The van der Waals surface area contributed by atoms with Crippen molar-refractivity contribution in [2.45, 2.75) is 38.5 Å². The van der Waals surface area contributed by atoms with E-state index in [1.165, 1.54) is 45.1 Å². The highest BCUT2D eigenvalue weighted by Crippen LogP contribution is 2.16. The number of ether oxygens (including phenoxy) is 2. The average Bonchev–Trinajstić information content (AvgIpc) is 3.06. The molecule has 0 amide bonds. The molecule has 7 heteroatoms. The Hall–Kier alpha value is -0.120. The molecule has 0 saturated carbocycles. The maximum absolute atomic E-state index is 5.66. The number of guanidine groups is 1. The van der Waals surface area contributed by atoms with Gasteiger partial charge in [-0.3, -0.25) is 4.99 Å². The molecular weight excluding hydrogens is 443 g/mol. The van der Waals surface area contributed by atoms with Crippen molar-refractivity contribution in [3.63, 3.8) is 0 Å². The number of unbranched alkanes of at least 4 members (excludes halogenated alkanes) is 4. The molecule has 0 aromatic carbocycles. The summed E-state index contributed by atoms with van der Waals surface area (Å²) < 4.78 is 10.7. The Morgan fingerprint density at radius 3 is 2.58 bits per heavy atom. The molecule has 0 radical (unpaired) electrons. The van der Waals surface area contributed by atoms with E-state index < -0.39 is 0 Å². The predicted molar refractivity (Wildman–Crippen MR) is 121 cm³/mol. The topological polar surface area (TPSA) is 49.3 Å². The fourth-order valence-electron chi connectivity index (χ4n) is 3.17. The average molecular weight is 484 g/mol. The molecule has 1 unspecified atom stereocenters. The van der Waals surface area contributed by atoms with Crippen LogP contribution in [0.4, 0.5) is 0 Å². The zero-order valence-corrected chi connectivity index (χ0v) is 19.7. The van der Waals surface area contributed by atoms with Crippen LogP contribution in [0, 0.1) is 5.92 Å². The second-order valence-electron chi connectivity index (χ2n) is 7.21. The minimum Gasteiger partial charge on any atom is -0.382 e. The second kappa shape index (κ2) is 17.0. The van der Waals surface area contributed by atoms with E-state index in [-0.39, 0.29) is 24.0 Å². The molecule has 1 fully saturated rings. The summed E-state index contributed by atoms with van der Waals surface area (Å²) >= 11 is 0. The summed E-state index contributed by atoms with van der Waals surface area (Å²) in [6.45, 7) is 6.52. The number of hydrogen-bond acceptors (Lipinski definition) is 4. The predicted octanol–water partition coefficient (Wildman–Crippen LogP) is 2.68. The van der Waals surface area contributed by atoms with Crippen LogP contribution in [0.5, 0.6) is 0 Å². The number of nitrogens with one attached hydrogen (secondary N) is 1. The van der Waals surface area contributed by atoms with Crippen molar-refractivity contribution in [3.05, 3.63) is 0 Å². The highest BCUT2D eigenvalue weighted by Gasteiger charge is 2.24. The first-order valence-electron chi connectivity index (χ1n) is 9.84. The lowest BCUT2D eigenvalue weighted by Crippen LogP contribution is -2.40. The van der Waals surface area contributed by atoms with Gasteiger partial charge in [-0.1, -0.05) is 19.3 Å². The fourth-order valence-corrected chi connectivity index (χ4v) is 3.17. The lowest BCUT2D eigenvalue weighted by Gasteiger charge is -2.21. The molecule has 1 N–H and O–H groups in total. The van der Waals surface area contributed by atoms with E-state index in [1.807, 2.05) is 7.05 Å². The number of nitrogens with zero attached hydrogens (tertiary/aromatic N) is 3. The van der Waals surface area contributed by atoms with Gasteiger partial charge in [0.2, 0.25) is 0 Å². The summed E-state index contributed by atoms with van der Waals surface area (Å²) in [4.78, 5) is 9.07. The molecule has 0 aromatic rings. The minimum absolute atomic E-state index is 0. The molecule has 1 rings (SSSR count). The van der Waals surface area contributed by atoms with Crippen molar-refractivity contribution in [1.82, 2.24) is 15.1 Å². The number of likely N-dealkylation sites (tertiary alicyclic amines) is 1. The van der Waals surface area contributed by atoms with Gasteiger partial charge >= 0.3 is 0 Å². The first-order valence-corrected chi connectivity index (χ1v) is 9.84. The van der Waals surface area contributed by atoms with Crippen molar-refractivity contribution in [3.8, 4) is 0 Å². The van der Waals surface area contributed by atoms with Crippen LogP contribution in [0.25, 0.3) is 0 Å². The molecule has 0 spiro atoms. The second-order valence-corrected chi connectivity index (χ2v) is 7.21. The van der Waals surface area contributed by atoms with E-state index in [2.05, 4.69) is 34.2 Å². The molecular formula is C19H41IN4O2. The number of hydrogen-bond donors (Lipinski definition) is 1. The molecule has 0 aliphatic carbocycles. The number of methoxy groups -OCH3 is 1. The molecule has 1 aliphatic rings. The van der Waals surface area contributed by atoms with Crippen molar-refractivity contribution >= 4 is 29.9 Å². The largest absolute Gasteiger partial charge is 0.382 e. The Morgan fingerprint density at radius 2 is 1.88 bits per heavy atom. The van der Waals surface area contributed by atoms with E-state index >= 15 is 0 Å². The van der Waals surface area contributed by atoms with Crippen LogP contribution in [0.3, 0.4) is 0 Å². The van der Waals surface area contributed by atoms with E-state index in [1.54, 1.807) is 7.11 Å². The summed E-state index contributed by atoms with van der Waals surface area (Å²) in [5.74, 6) is 1.65. The number of aliphatic imine (C=N–C) groups is 1. The maximum atomic E-state index is 5.66. The molecule has 1 heterocycles. The van der Waals surface area contributed by atoms with Crippen LogP contribution in [0.15, 0.2) is 4.99 Å². The van der Waals surface area contributed by atoms with Gasteiger partial charge in [0.1, 0.15) is 0 Å². The molecule has 1 atom stereocenters. The monoisotopic (exact) mass is 484 g/mol. The zero-order valence-electron chi connectivity index (χ0n) is 17.3. The highest BCUT2D eigenvalue weighted by atomic mass is 127. The quantitative estimate of drug-likeness (QED) is 0.189. The summed E-state index contributed by atoms with van der Waals surface area (Å²) in [5, 5.41) is 3.52. The summed E-state index contributed by atoms with van der Waals surface area (Å²) in [5.41, 5.74) is 0. The van der Waals surface area contributed by atoms with E-state index in [0.29, 0.717) is 19.1 Å². The standard InChI is InChI=1S/C19H40N4O2.HI/c1-20-19(21-11-8-6-5-7-9-12-22(2)3)23-13-10-18(16-23)17-25-15-14-24-4;/h18H,5-17H2,1-4H3,(H,20,21);1H. The van der Waals surface area contributed by atoms with Gasteiger partial charge in [0, 0.05) is 39.7 Å². The Labute approximate surface area is 178 Å². The van der Waals surface area contributed by atoms with Crippen LogP contribution in [0.2, 0.25) is 0 Å². The van der Waals surface area contributed by atoms with Crippen LogP contribution < -0.4 is 5.32 Å². The van der Waals surface area contributed by atoms with Crippen LogP contribution in [-0.4, -0.2) is 90.0 Å². The van der Waals surface area contributed by atoms with E-state index in [4.69, 9.17) is 9.47 Å². The maximum Gasteiger partial charge on any atom is 0.193 e. The van der Waals surface area contributed by atoms with Crippen LogP contribution >= 0.6 is 24.0 Å². The summed E-state index contributed by atoms with van der Waals surface area (Å²) in [6, 6.07) is 0. The number of halogens is 1. The molecule has 0 aromatic heterocycles. The molecule has 0 bridgehead atoms. The van der Waals surface area contributed by atoms with E-state index in [9.17, 15) is 0 Å². The Morgan fingerprint density at radius 1 is 1.15 bits per heavy atom. The van der Waals surface area contributed by atoms with Gasteiger partial charge in [-0.2, -0.15) is 0 Å². The molecule has 156 valence electrons. The smallest absolute Gasteiger partial charge is 0.193 e. The van der Waals surface area contributed by atoms with Gasteiger partial charge in [0.05, 0.1) is 19.8 Å². The Balaban J connectivity index is 0.00000625. The van der Waals surface area contributed by atoms with Crippen molar-refractivity contribution in [1.29, 1.82) is 0 Å². The minimum atomic E-state index is 0. The first-order chi connectivity index (χ1) is 12.2. The third-order valence-electron chi connectivity index (χ3n) is 4.65. The lowest BCUT2D eigenvalue weighted by molar-refractivity contribution is 0.0536. The Kier molecular flexibility index (Phi) is 16.9. The fraction of sp³-hybridized carbons (Fsp3) is 0.947. The molecule has 1 aliphatic heterocycles. The SMILES string of the molecule is CN=C(NCCCCCCCN(C)C)N1CCC(COCCOC)C1.I. The third-order valence-corrected chi connectivity index (χ3v) is 4.65. The lowest BCUT2D eigenvalue weighted by atomic mass is 10.1. The van der Waals surface area contributed by atoms with Gasteiger partial charge in [-0.05, 0) is 39.9 Å². The van der Waals surface area contributed by atoms with Gasteiger partial charge < -0.3 is 24.6 Å². The highest BCUT2D eigenvalue weighted by molar-refractivity contribution is 14.0. The number of rotatable bonds is 13. The molecule has 1 saturated heterocycles. The molecule has 6 nitrogen and oxygen atoms in total. The van der Waals surface area contributed by atoms with E-state index in [0.717, 1.165) is 32.2 Å². The van der Waals surface area contributed by atoms with Crippen molar-refractivity contribution in [2.24, 2.45) is 10.9 Å². The van der Waals surface area contributed by atoms with Gasteiger partial charge in [-0.15, -0.1) is 24.0 Å². The van der Waals surface area contributed by atoms with Crippen molar-refractivity contribution in [2.75, 3.05) is 74.3 Å². The van der Waals surface area contributed by atoms with Crippen molar-refractivity contribution < 1.29 is 9.47 Å². The van der Waals surface area contributed by atoms with Gasteiger partial charge in [0.25, 0.3) is 0 Å². The zero-order chi connectivity index (χ0) is 18.3. The van der Waals surface area contributed by atoms with Crippen LogP contribution in [0.1, 0.15) is 38.5 Å². The van der Waals surface area contributed by atoms with Crippen LogP contribution in [-0.2, 0) is 9.47 Å². The van der Waals surface area contributed by atoms with Gasteiger partial charge in [0.15, 0.2) is 5.96 Å². The summed E-state index contributed by atoms with van der Waals surface area (Å²) in [6.07, 6.45) is 7.68.